The molecule has 0 aliphatic carbocycles. The Morgan fingerprint density at radius 3 is 2.74 bits per heavy atom. The van der Waals surface area contributed by atoms with Crippen molar-refractivity contribution in [3.8, 4) is 0 Å². The van der Waals surface area contributed by atoms with Crippen LogP contribution in [0.3, 0.4) is 0 Å². The minimum Gasteiger partial charge on any atom is -0.481 e. The normalized spacial score (nSPS) is 21.0. The number of carboxylic acid groups (broad SMARTS) is 1. The van der Waals surface area contributed by atoms with E-state index in [1.165, 1.54) is 0 Å². The molecular formula is C13H24N2O3S. The minimum atomic E-state index is -0.795. The summed E-state index contributed by atoms with van der Waals surface area (Å²) in [5, 5.41) is 9.06. The summed E-state index contributed by atoms with van der Waals surface area (Å²) in [4.78, 5) is 26.9. The molecule has 5 nitrogen and oxygen atoms in total. The number of amides is 2. The molecule has 1 unspecified atom stereocenters. The summed E-state index contributed by atoms with van der Waals surface area (Å²) < 4.78 is 0. The van der Waals surface area contributed by atoms with Gasteiger partial charge in [0, 0.05) is 31.9 Å². The molecule has 0 bridgehead atoms. The van der Waals surface area contributed by atoms with Crippen LogP contribution in [0.15, 0.2) is 0 Å². The van der Waals surface area contributed by atoms with Gasteiger partial charge in [0.05, 0.1) is 5.92 Å². The molecule has 2 atom stereocenters. The average molecular weight is 288 g/mol. The fourth-order valence-electron chi connectivity index (χ4n) is 2.43. The van der Waals surface area contributed by atoms with Crippen LogP contribution in [-0.2, 0) is 4.79 Å². The SMILES string of the molecule is CCC(CSC)N(C)C(=O)N1CCC[C@@H](C(=O)O)C1. The highest BCUT2D eigenvalue weighted by atomic mass is 32.2. The molecule has 1 rings (SSSR count). The first-order valence-corrected chi connectivity index (χ1v) is 8.14. The summed E-state index contributed by atoms with van der Waals surface area (Å²) >= 11 is 1.73. The van der Waals surface area contributed by atoms with E-state index in [2.05, 4.69) is 6.92 Å². The third kappa shape index (κ3) is 4.30. The van der Waals surface area contributed by atoms with Gasteiger partial charge >= 0.3 is 12.0 Å². The summed E-state index contributed by atoms with van der Waals surface area (Å²) in [6.45, 7) is 3.08. The van der Waals surface area contributed by atoms with Gasteiger partial charge in [-0.1, -0.05) is 6.92 Å². The van der Waals surface area contributed by atoms with Crippen LogP contribution in [0, 0.1) is 5.92 Å². The van der Waals surface area contributed by atoms with Crippen molar-refractivity contribution < 1.29 is 14.7 Å². The molecule has 0 saturated carbocycles. The monoisotopic (exact) mass is 288 g/mol. The lowest BCUT2D eigenvalue weighted by Crippen LogP contribution is -2.50. The van der Waals surface area contributed by atoms with Crippen LogP contribution >= 0.6 is 11.8 Å². The van der Waals surface area contributed by atoms with Crippen LogP contribution < -0.4 is 0 Å². The quantitative estimate of drug-likeness (QED) is 0.840. The molecule has 0 spiro atoms. The second-order valence-corrected chi connectivity index (χ2v) is 5.94. The molecule has 1 aliphatic rings. The zero-order valence-corrected chi connectivity index (χ0v) is 12.8. The molecule has 0 aromatic heterocycles. The van der Waals surface area contributed by atoms with Crippen LogP contribution in [0.2, 0.25) is 0 Å². The van der Waals surface area contributed by atoms with Crippen molar-refractivity contribution in [3.63, 3.8) is 0 Å². The molecule has 2 amide bonds. The van der Waals surface area contributed by atoms with E-state index in [0.29, 0.717) is 19.5 Å². The van der Waals surface area contributed by atoms with Gasteiger partial charge < -0.3 is 14.9 Å². The van der Waals surface area contributed by atoms with E-state index in [1.54, 1.807) is 21.6 Å². The van der Waals surface area contributed by atoms with Gasteiger partial charge in [-0.15, -0.1) is 0 Å². The molecule has 19 heavy (non-hydrogen) atoms. The van der Waals surface area contributed by atoms with E-state index in [-0.39, 0.29) is 12.1 Å². The number of carbonyl (C=O) groups excluding carboxylic acids is 1. The lowest BCUT2D eigenvalue weighted by Gasteiger charge is -2.36. The number of thioether (sulfide) groups is 1. The number of hydrogen-bond donors (Lipinski definition) is 1. The van der Waals surface area contributed by atoms with Crippen molar-refractivity contribution >= 4 is 23.8 Å². The van der Waals surface area contributed by atoms with Crippen LogP contribution in [0.1, 0.15) is 26.2 Å². The standard InChI is InChI=1S/C13H24N2O3S/c1-4-11(9-19-3)14(2)13(18)15-7-5-6-10(8-15)12(16)17/h10-11H,4-9H2,1-3H3,(H,16,17)/t10-,11?/m1/s1. The van der Waals surface area contributed by atoms with Crippen molar-refractivity contribution in [1.82, 2.24) is 9.80 Å². The predicted octanol–water partition coefficient (Wildman–Crippen LogP) is 1.98. The van der Waals surface area contributed by atoms with Gasteiger partial charge in [-0.3, -0.25) is 4.79 Å². The second kappa shape index (κ2) is 7.62. The Labute approximate surface area is 119 Å². The Morgan fingerprint density at radius 1 is 1.53 bits per heavy atom. The molecule has 6 heteroatoms. The van der Waals surface area contributed by atoms with E-state index in [1.807, 2.05) is 13.3 Å². The van der Waals surface area contributed by atoms with E-state index >= 15 is 0 Å². The third-order valence-electron chi connectivity index (χ3n) is 3.72. The molecule has 0 radical (unpaired) electrons. The fourth-order valence-corrected chi connectivity index (χ4v) is 3.27. The summed E-state index contributed by atoms with van der Waals surface area (Å²) in [5.41, 5.74) is 0. The molecule has 1 saturated heterocycles. The van der Waals surface area contributed by atoms with Crippen molar-refractivity contribution in [2.24, 2.45) is 5.92 Å². The summed E-state index contributed by atoms with van der Waals surface area (Å²) in [7, 11) is 1.82. The lowest BCUT2D eigenvalue weighted by atomic mass is 9.98. The van der Waals surface area contributed by atoms with Gasteiger partial charge in [-0.2, -0.15) is 11.8 Å². The number of carboxylic acids is 1. The molecule has 1 fully saturated rings. The Hall–Kier alpha value is -0.910. The maximum Gasteiger partial charge on any atom is 0.320 e. The smallest absolute Gasteiger partial charge is 0.320 e. The van der Waals surface area contributed by atoms with Crippen molar-refractivity contribution in [2.45, 2.75) is 32.2 Å². The van der Waals surface area contributed by atoms with Gasteiger partial charge in [-0.25, -0.2) is 4.79 Å². The Balaban J connectivity index is 2.62. The topological polar surface area (TPSA) is 60.9 Å². The van der Waals surface area contributed by atoms with E-state index in [4.69, 9.17) is 5.11 Å². The van der Waals surface area contributed by atoms with Crippen LogP contribution in [-0.4, -0.2) is 65.1 Å². The molecule has 0 aromatic carbocycles. The fraction of sp³-hybridized carbons (Fsp3) is 0.846. The second-order valence-electron chi connectivity index (χ2n) is 5.03. The number of piperidine rings is 1. The minimum absolute atomic E-state index is 0.0353. The molecule has 110 valence electrons. The average Bonchev–Trinajstić information content (AvgIpc) is 2.43. The van der Waals surface area contributed by atoms with Gasteiger partial charge in [0.15, 0.2) is 0 Å². The first-order valence-electron chi connectivity index (χ1n) is 6.74. The summed E-state index contributed by atoms with van der Waals surface area (Å²) in [6, 6.07) is 0.180. The van der Waals surface area contributed by atoms with Crippen LogP contribution in [0.5, 0.6) is 0 Å². The maximum atomic E-state index is 12.4. The lowest BCUT2D eigenvalue weighted by molar-refractivity contribution is -0.143. The Morgan fingerprint density at radius 2 is 2.21 bits per heavy atom. The number of nitrogens with zero attached hydrogens (tertiary/aromatic N) is 2. The van der Waals surface area contributed by atoms with Gasteiger partial charge in [0.1, 0.15) is 0 Å². The zero-order valence-electron chi connectivity index (χ0n) is 12.0. The predicted molar refractivity (Wildman–Crippen MR) is 77.6 cm³/mol. The van der Waals surface area contributed by atoms with E-state index in [9.17, 15) is 9.59 Å². The highest BCUT2D eigenvalue weighted by Gasteiger charge is 2.31. The van der Waals surface area contributed by atoms with Crippen LogP contribution in [0.4, 0.5) is 4.79 Å². The number of likely N-dealkylation sites (tertiary alicyclic amines) is 1. The van der Waals surface area contributed by atoms with E-state index in [0.717, 1.165) is 18.6 Å². The largest absolute Gasteiger partial charge is 0.481 e. The van der Waals surface area contributed by atoms with Crippen LogP contribution in [0.25, 0.3) is 0 Å². The molecule has 1 aliphatic heterocycles. The van der Waals surface area contributed by atoms with Gasteiger partial charge in [0.25, 0.3) is 0 Å². The molecule has 1 N–H and O–H groups in total. The highest BCUT2D eigenvalue weighted by molar-refractivity contribution is 7.98. The summed E-state index contributed by atoms with van der Waals surface area (Å²) in [6.07, 6.45) is 4.39. The van der Waals surface area contributed by atoms with Crippen molar-refractivity contribution in [2.75, 3.05) is 32.1 Å². The first kappa shape index (κ1) is 16.1. The molecule has 0 aromatic rings. The van der Waals surface area contributed by atoms with Crippen molar-refractivity contribution in [3.05, 3.63) is 0 Å². The summed E-state index contributed by atoms with van der Waals surface area (Å²) in [5.74, 6) is -0.294. The number of hydrogen-bond acceptors (Lipinski definition) is 3. The first-order chi connectivity index (χ1) is 9.01. The maximum absolute atomic E-state index is 12.4. The molecule has 1 heterocycles. The van der Waals surface area contributed by atoms with Crippen molar-refractivity contribution in [1.29, 1.82) is 0 Å². The van der Waals surface area contributed by atoms with E-state index < -0.39 is 11.9 Å². The zero-order chi connectivity index (χ0) is 14.4. The number of aliphatic carboxylic acids is 1. The van der Waals surface area contributed by atoms with Gasteiger partial charge in [0.2, 0.25) is 0 Å². The number of rotatable bonds is 5. The molecular weight excluding hydrogens is 264 g/mol. The Bertz CT molecular complexity index is 325. The highest BCUT2D eigenvalue weighted by Crippen LogP contribution is 2.19. The number of carbonyl (C=O) groups is 2. The third-order valence-corrected chi connectivity index (χ3v) is 4.44. The number of urea groups is 1. The van der Waals surface area contributed by atoms with Gasteiger partial charge in [-0.05, 0) is 25.5 Å². The Kier molecular flexibility index (Phi) is 6.48.